The van der Waals surface area contributed by atoms with E-state index in [0.29, 0.717) is 11.8 Å². The van der Waals surface area contributed by atoms with E-state index in [-0.39, 0.29) is 37.3 Å². The molecule has 2 fully saturated rings. The van der Waals surface area contributed by atoms with Crippen molar-refractivity contribution in [1.29, 1.82) is 0 Å². The van der Waals surface area contributed by atoms with E-state index in [0.717, 1.165) is 25.9 Å². The van der Waals surface area contributed by atoms with Crippen LogP contribution in [-0.4, -0.2) is 39.5 Å². The molecule has 1 amide bonds. The molecule has 1 saturated carbocycles. The number of nitrogens with zero attached hydrogens (tertiary/aromatic N) is 2. The summed E-state index contributed by atoms with van der Waals surface area (Å²) in [4.78, 5) is 38.9. The van der Waals surface area contributed by atoms with Gasteiger partial charge in [-0.2, -0.15) is 0 Å². The van der Waals surface area contributed by atoms with Gasteiger partial charge in [0.1, 0.15) is 0 Å². The number of rotatable bonds is 3. The number of piperidine rings is 1. The number of carbonyl (C=O) groups excluding carboxylic acids is 1. The first kappa shape index (κ1) is 16.8. The fraction of sp³-hybridized carbons (Fsp3) is 0.643. The van der Waals surface area contributed by atoms with Crippen LogP contribution in [0.3, 0.4) is 0 Å². The molecule has 1 unspecified atom stereocenters. The van der Waals surface area contributed by atoms with E-state index in [1.807, 2.05) is 4.90 Å². The molecule has 8 heteroatoms. The number of hydrogen-bond acceptors (Lipinski definition) is 4. The van der Waals surface area contributed by atoms with Gasteiger partial charge in [0, 0.05) is 44.4 Å². The maximum Gasteiger partial charge on any atom is 0.328 e. The van der Waals surface area contributed by atoms with Crippen molar-refractivity contribution in [2.45, 2.75) is 31.8 Å². The quantitative estimate of drug-likeness (QED) is 0.784. The average molecular weight is 329 g/mol. The molecule has 1 aliphatic heterocycles. The van der Waals surface area contributed by atoms with Gasteiger partial charge in [0.2, 0.25) is 5.91 Å². The van der Waals surface area contributed by atoms with Crippen LogP contribution in [0.15, 0.2) is 21.9 Å². The van der Waals surface area contributed by atoms with Crippen LogP contribution in [0.1, 0.15) is 19.3 Å². The molecule has 0 radical (unpaired) electrons. The lowest BCUT2D eigenvalue weighted by Crippen LogP contribution is -2.50. The summed E-state index contributed by atoms with van der Waals surface area (Å²) in [5, 5.41) is 0. The van der Waals surface area contributed by atoms with Gasteiger partial charge in [-0.05, 0) is 24.7 Å². The SMILES string of the molecule is Cl.NC1[C@@H]2CC[C@H]1CN(C(=O)CCn1ccc(=O)[nH]c1=O)C2. The van der Waals surface area contributed by atoms with E-state index in [9.17, 15) is 14.4 Å². The summed E-state index contributed by atoms with van der Waals surface area (Å²) in [6.07, 6.45) is 3.90. The number of fused-ring (bicyclic) bond motifs is 2. The molecule has 3 N–H and O–H groups in total. The number of likely N-dealkylation sites (tertiary alicyclic amines) is 1. The Balaban J connectivity index is 0.00000176. The summed E-state index contributed by atoms with van der Waals surface area (Å²) in [6.45, 7) is 1.75. The number of aromatic amines is 1. The zero-order valence-corrected chi connectivity index (χ0v) is 13.1. The lowest BCUT2D eigenvalue weighted by molar-refractivity contribution is -0.133. The fourth-order valence-electron chi connectivity index (χ4n) is 3.46. The van der Waals surface area contributed by atoms with Crippen LogP contribution in [0.25, 0.3) is 0 Å². The standard InChI is InChI=1S/C14H20N4O3.ClH/c15-13-9-1-2-10(13)8-18(7-9)12(20)4-6-17-5-3-11(19)16-14(17)21;/h3,5,9-10,13H,1-2,4,6-8,15H2,(H,16,19,21);1H/t9-,10+,13?;. The fourth-order valence-corrected chi connectivity index (χ4v) is 3.46. The van der Waals surface area contributed by atoms with Crippen LogP contribution >= 0.6 is 12.4 Å². The van der Waals surface area contributed by atoms with Gasteiger partial charge in [-0.3, -0.25) is 14.6 Å². The Morgan fingerprint density at radius 3 is 2.50 bits per heavy atom. The summed E-state index contributed by atoms with van der Waals surface area (Å²) in [7, 11) is 0. The second-order valence-electron chi connectivity index (χ2n) is 6.03. The normalized spacial score (nSPS) is 26.6. The van der Waals surface area contributed by atoms with Crippen molar-refractivity contribution in [3.8, 4) is 0 Å². The molecule has 2 heterocycles. The molecule has 1 saturated heterocycles. The first-order valence-corrected chi connectivity index (χ1v) is 7.38. The number of aromatic nitrogens is 2. The molecule has 2 aliphatic rings. The smallest absolute Gasteiger partial charge is 0.328 e. The number of aryl methyl sites for hydroxylation is 1. The summed E-state index contributed by atoms with van der Waals surface area (Å²) >= 11 is 0. The van der Waals surface area contributed by atoms with Crippen LogP contribution in [0.2, 0.25) is 0 Å². The summed E-state index contributed by atoms with van der Waals surface area (Å²) in [5.74, 6) is 0.893. The number of carbonyl (C=O) groups is 1. The highest BCUT2D eigenvalue weighted by molar-refractivity contribution is 5.85. The molecule has 122 valence electrons. The van der Waals surface area contributed by atoms with Crippen LogP contribution in [0.4, 0.5) is 0 Å². The highest BCUT2D eigenvalue weighted by Crippen LogP contribution is 2.35. The van der Waals surface area contributed by atoms with E-state index in [2.05, 4.69) is 4.98 Å². The predicted octanol–water partition coefficient (Wildman–Crippen LogP) is -0.456. The van der Waals surface area contributed by atoms with Gasteiger partial charge in [-0.15, -0.1) is 12.4 Å². The summed E-state index contributed by atoms with van der Waals surface area (Å²) < 4.78 is 1.35. The number of nitrogens with one attached hydrogen (secondary N) is 1. The van der Waals surface area contributed by atoms with Crippen molar-refractivity contribution in [2.24, 2.45) is 17.6 Å². The summed E-state index contributed by atoms with van der Waals surface area (Å²) in [6, 6.07) is 1.52. The molecule has 1 aromatic rings. The monoisotopic (exact) mass is 328 g/mol. The molecular formula is C14H21ClN4O3. The third-order valence-electron chi connectivity index (χ3n) is 4.72. The molecule has 3 rings (SSSR count). The Bertz CT molecular complexity index is 642. The minimum Gasteiger partial charge on any atom is -0.342 e. The highest BCUT2D eigenvalue weighted by atomic mass is 35.5. The third-order valence-corrected chi connectivity index (χ3v) is 4.72. The van der Waals surface area contributed by atoms with Gasteiger partial charge >= 0.3 is 5.69 Å². The average Bonchev–Trinajstić information content (AvgIpc) is 2.67. The van der Waals surface area contributed by atoms with E-state index in [1.54, 1.807) is 0 Å². The minimum absolute atomic E-state index is 0. The number of amides is 1. The van der Waals surface area contributed by atoms with Gasteiger partial charge in [0.25, 0.3) is 5.56 Å². The number of halogens is 1. The van der Waals surface area contributed by atoms with E-state index in [1.165, 1.54) is 16.8 Å². The lowest BCUT2D eigenvalue weighted by Gasteiger charge is -2.36. The Hall–Kier alpha value is -1.60. The topological polar surface area (TPSA) is 101 Å². The van der Waals surface area contributed by atoms with Crippen molar-refractivity contribution < 1.29 is 4.79 Å². The number of nitrogens with two attached hydrogens (primary N) is 1. The van der Waals surface area contributed by atoms with Crippen LogP contribution < -0.4 is 17.0 Å². The lowest BCUT2D eigenvalue weighted by atomic mass is 9.93. The second-order valence-corrected chi connectivity index (χ2v) is 6.03. The molecule has 1 aromatic heterocycles. The molecule has 2 bridgehead atoms. The Morgan fingerprint density at radius 1 is 1.27 bits per heavy atom. The first-order chi connectivity index (χ1) is 10.0. The number of hydrogen-bond donors (Lipinski definition) is 2. The van der Waals surface area contributed by atoms with E-state index < -0.39 is 11.2 Å². The van der Waals surface area contributed by atoms with Crippen molar-refractivity contribution in [3.05, 3.63) is 33.1 Å². The van der Waals surface area contributed by atoms with Crippen molar-refractivity contribution in [2.75, 3.05) is 13.1 Å². The maximum absolute atomic E-state index is 12.3. The molecule has 1 aliphatic carbocycles. The Morgan fingerprint density at radius 2 is 1.91 bits per heavy atom. The third kappa shape index (κ3) is 3.25. The van der Waals surface area contributed by atoms with Gasteiger partial charge in [0.05, 0.1) is 0 Å². The maximum atomic E-state index is 12.3. The van der Waals surface area contributed by atoms with Crippen LogP contribution in [0, 0.1) is 11.8 Å². The van der Waals surface area contributed by atoms with Crippen LogP contribution in [0.5, 0.6) is 0 Å². The predicted molar refractivity (Wildman–Crippen MR) is 84.0 cm³/mol. The Kier molecular flexibility index (Phi) is 5.08. The second kappa shape index (κ2) is 6.66. The minimum atomic E-state index is -0.476. The van der Waals surface area contributed by atoms with Gasteiger partial charge < -0.3 is 15.2 Å². The van der Waals surface area contributed by atoms with E-state index >= 15 is 0 Å². The van der Waals surface area contributed by atoms with Gasteiger partial charge in [0.15, 0.2) is 0 Å². The van der Waals surface area contributed by atoms with Crippen molar-refractivity contribution in [1.82, 2.24) is 14.5 Å². The molecule has 7 nitrogen and oxygen atoms in total. The Labute approximate surface area is 133 Å². The largest absolute Gasteiger partial charge is 0.342 e. The molecular weight excluding hydrogens is 308 g/mol. The highest BCUT2D eigenvalue weighted by Gasteiger charge is 2.40. The van der Waals surface area contributed by atoms with Gasteiger partial charge in [-0.25, -0.2) is 4.79 Å². The molecule has 3 atom stereocenters. The van der Waals surface area contributed by atoms with E-state index in [4.69, 9.17) is 5.73 Å². The molecule has 22 heavy (non-hydrogen) atoms. The molecule has 0 spiro atoms. The zero-order chi connectivity index (χ0) is 15.0. The van der Waals surface area contributed by atoms with Crippen LogP contribution in [-0.2, 0) is 11.3 Å². The number of H-pyrrole nitrogens is 1. The molecule has 0 aromatic carbocycles. The summed E-state index contributed by atoms with van der Waals surface area (Å²) in [5.41, 5.74) is 5.23. The van der Waals surface area contributed by atoms with Gasteiger partial charge in [-0.1, -0.05) is 0 Å². The zero-order valence-electron chi connectivity index (χ0n) is 12.2. The van der Waals surface area contributed by atoms with Crippen molar-refractivity contribution in [3.63, 3.8) is 0 Å². The first-order valence-electron chi connectivity index (χ1n) is 7.38. The van der Waals surface area contributed by atoms with Crippen molar-refractivity contribution >= 4 is 18.3 Å².